The van der Waals surface area contributed by atoms with Crippen molar-refractivity contribution in [2.45, 2.75) is 45.1 Å². The van der Waals surface area contributed by atoms with Crippen molar-refractivity contribution in [3.63, 3.8) is 0 Å². The SMILES string of the molecule is CCC1(Nc2nc(C)cc(OC)n2)CCC1. The number of nitrogens with one attached hydrogen (secondary N) is 1. The van der Waals surface area contributed by atoms with E-state index in [0.717, 1.165) is 12.1 Å². The largest absolute Gasteiger partial charge is 0.481 e. The third kappa shape index (κ3) is 2.10. The molecule has 1 aliphatic carbocycles. The molecule has 1 aromatic heterocycles. The molecule has 0 atom stereocenters. The van der Waals surface area contributed by atoms with Gasteiger partial charge in [0.25, 0.3) is 0 Å². The molecule has 0 unspecified atom stereocenters. The summed E-state index contributed by atoms with van der Waals surface area (Å²) in [4.78, 5) is 8.72. The van der Waals surface area contributed by atoms with Gasteiger partial charge in [0.15, 0.2) is 0 Å². The lowest BCUT2D eigenvalue weighted by molar-refractivity contribution is 0.267. The van der Waals surface area contributed by atoms with Gasteiger partial charge in [0.2, 0.25) is 11.8 Å². The first-order chi connectivity index (χ1) is 7.67. The predicted molar refractivity (Wildman–Crippen MR) is 63.8 cm³/mol. The zero-order chi connectivity index (χ0) is 11.6. The van der Waals surface area contributed by atoms with E-state index in [1.165, 1.54) is 19.3 Å². The smallest absolute Gasteiger partial charge is 0.226 e. The lowest BCUT2D eigenvalue weighted by atomic mass is 9.75. The second-order valence-corrected chi connectivity index (χ2v) is 4.49. The second kappa shape index (κ2) is 4.28. The number of anilines is 1. The van der Waals surface area contributed by atoms with Gasteiger partial charge in [-0.25, -0.2) is 4.98 Å². The summed E-state index contributed by atoms with van der Waals surface area (Å²) in [6, 6.07) is 1.84. The van der Waals surface area contributed by atoms with Crippen molar-refractivity contribution in [3.05, 3.63) is 11.8 Å². The van der Waals surface area contributed by atoms with Crippen molar-refractivity contribution >= 4 is 5.95 Å². The minimum Gasteiger partial charge on any atom is -0.481 e. The lowest BCUT2D eigenvalue weighted by Gasteiger charge is -2.42. The Morgan fingerprint density at radius 3 is 2.69 bits per heavy atom. The first-order valence-electron chi connectivity index (χ1n) is 5.85. The number of hydrogen-bond donors (Lipinski definition) is 1. The highest BCUT2D eigenvalue weighted by atomic mass is 16.5. The Morgan fingerprint density at radius 1 is 1.44 bits per heavy atom. The molecule has 0 amide bonds. The third-order valence-corrected chi connectivity index (χ3v) is 3.40. The van der Waals surface area contributed by atoms with E-state index in [0.29, 0.717) is 11.8 Å². The quantitative estimate of drug-likeness (QED) is 0.848. The van der Waals surface area contributed by atoms with Crippen LogP contribution in [0.3, 0.4) is 0 Å². The van der Waals surface area contributed by atoms with E-state index < -0.39 is 0 Å². The Kier molecular flexibility index (Phi) is 2.99. The molecule has 2 rings (SSSR count). The van der Waals surface area contributed by atoms with E-state index in [9.17, 15) is 0 Å². The molecule has 1 fully saturated rings. The van der Waals surface area contributed by atoms with Crippen molar-refractivity contribution in [1.29, 1.82) is 0 Å². The summed E-state index contributed by atoms with van der Waals surface area (Å²) >= 11 is 0. The number of nitrogens with zero attached hydrogens (tertiary/aromatic N) is 2. The first kappa shape index (κ1) is 11.2. The molecule has 0 aliphatic heterocycles. The van der Waals surface area contributed by atoms with Gasteiger partial charge in [-0.1, -0.05) is 6.92 Å². The van der Waals surface area contributed by atoms with Crippen LogP contribution in [0, 0.1) is 6.92 Å². The Balaban J connectivity index is 2.17. The summed E-state index contributed by atoms with van der Waals surface area (Å²) in [5, 5.41) is 3.45. The summed E-state index contributed by atoms with van der Waals surface area (Å²) in [7, 11) is 1.63. The van der Waals surface area contributed by atoms with E-state index in [4.69, 9.17) is 4.74 Å². The van der Waals surface area contributed by atoms with Crippen molar-refractivity contribution < 1.29 is 4.74 Å². The van der Waals surface area contributed by atoms with E-state index in [2.05, 4.69) is 22.2 Å². The van der Waals surface area contributed by atoms with Crippen molar-refractivity contribution in [2.75, 3.05) is 12.4 Å². The maximum atomic E-state index is 5.14. The lowest BCUT2D eigenvalue weighted by Crippen LogP contribution is -2.44. The van der Waals surface area contributed by atoms with Gasteiger partial charge in [-0.3, -0.25) is 0 Å². The van der Waals surface area contributed by atoms with Crippen LogP contribution in [0.25, 0.3) is 0 Å². The third-order valence-electron chi connectivity index (χ3n) is 3.40. The average Bonchev–Trinajstić information content (AvgIpc) is 2.22. The Bertz CT molecular complexity index is 369. The zero-order valence-corrected chi connectivity index (χ0v) is 10.2. The number of aryl methyl sites for hydroxylation is 1. The van der Waals surface area contributed by atoms with Gasteiger partial charge in [0.05, 0.1) is 7.11 Å². The predicted octanol–water partition coefficient (Wildman–Crippen LogP) is 2.54. The molecular formula is C12H19N3O. The highest BCUT2D eigenvalue weighted by Crippen LogP contribution is 2.37. The molecule has 1 aromatic rings. The Hall–Kier alpha value is -1.32. The van der Waals surface area contributed by atoms with Crippen LogP contribution in [0.4, 0.5) is 5.95 Å². The fraction of sp³-hybridized carbons (Fsp3) is 0.667. The topological polar surface area (TPSA) is 47.0 Å². The molecule has 0 spiro atoms. The highest BCUT2D eigenvalue weighted by Gasteiger charge is 2.35. The Morgan fingerprint density at radius 2 is 2.19 bits per heavy atom. The van der Waals surface area contributed by atoms with Crippen LogP contribution in [0.5, 0.6) is 5.88 Å². The molecule has 88 valence electrons. The van der Waals surface area contributed by atoms with Crippen LogP contribution in [-0.2, 0) is 0 Å². The minimum absolute atomic E-state index is 0.221. The summed E-state index contributed by atoms with van der Waals surface area (Å²) in [6.07, 6.45) is 4.84. The number of rotatable bonds is 4. The van der Waals surface area contributed by atoms with Gasteiger partial charge in [-0.15, -0.1) is 0 Å². The standard InChI is InChI=1S/C12H19N3O/c1-4-12(6-5-7-12)15-11-13-9(2)8-10(14-11)16-3/h8H,4-7H2,1-3H3,(H,13,14,15). The molecule has 0 bridgehead atoms. The van der Waals surface area contributed by atoms with Crippen molar-refractivity contribution in [2.24, 2.45) is 0 Å². The van der Waals surface area contributed by atoms with Crippen LogP contribution >= 0.6 is 0 Å². The maximum absolute atomic E-state index is 5.14. The van der Waals surface area contributed by atoms with E-state index in [-0.39, 0.29) is 5.54 Å². The first-order valence-corrected chi connectivity index (χ1v) is 5.85. The fourth-order valence-corrected chi connectivity index (χ4v) is 2.11. The van der Waals surface area contributed by atoms with Gasteiger partial charge in [0.1, 0.15) is 0 Å². The summed E-state index contributed by atoms with van der Waals surface area (Å²) < 4.78 is 5.14. The molecule has 1 saturated carbocycles. The van der Waals surface area contributed by atoms with Crippen LogP contribution in [0.1, 0.15) is 38.3 Å². The van der Waals surface area contributed by atoms with Crippen LogP contribution < -0.4 is 10.1 Å². The monoisotopic (exact) mass is 221 g/mol. The molecule has 4 nitrogen and oxygen atoms in total. The fourth-order valence-electron chi connectivity index (χ4n) is 2.11. The molecule has 0 aromatic carbocycles. The normalized spacial score (nSPS) is 17.7. The van der Waals surface area contributed by atoms with Crippen LogP contribution in [0.15, 0.2) is 6.07 Å². The van der Waals surface area contributed by atoms with Gasteiger partial charge in [-0.05, 0) is 32.6 Å². The number of aromatic nitrogens is 2. The number of hydrogen-bond acceptors (Lipinski definition) is 4. The summed E-state index contributed by atoms with van der Waals surface area (Å²) in [5.41, 5.74) is 1.15. The molecule has 1 N–H and O–H groups in total. The maximum Gasteiger partial charge on any atom is 0.226 e. The second-order valence-electron chi connectivity index (χ2n) is 4.49. The van der Waals surface area contributed by atoms with E-state index >= 15 is 0 Å². The summed E-state index contributed by atoms with van der Waals surface area (Å²) in [5.74, 6) is 1.32. The number of ether oxygens (including phenoxy) is 1. The van der Waals surface area contributed by atoms with Gasteiger partial charge in [-0.2, -0.15) is 4.98 Å². The molecule has 1 aliphatic rings. The molecule has 1 heterocycles. The van der Waals surface area contributed by atoms with Crippen molar-refractivity contribution in [1.82, 2.24) is 9.97 Å². The van der Waals surface area contributed by atoms with E-state index in [1.54, 1.807) is 7.11 Å². The molecule has 0 radical (unpaired) electrons. The van der Waals surface area contributed by atoms with E-state index in [1.807, 2.05) is 13.0 Å². The van der Waals surface area contributed by atoms with Crippen molar-refractivity contribution in [3.8, 4) is 5.88 Å². The van der Waals surface area contributed by atoms with Gasteiger partial charge >= 0.3 is 0 Å². The zero-order valence-electron chi connectivity index (χ0n) is 10.2. The highest BCUT2D eigenvalue weighted by molar-refractivity contribution is 5.35. The molecule has 16 heavy (non-hydrogen) atoms. The molecule has 0 saturated heterocycles. The number of methoxy groups -OCH3 is 1. The van der Waals surface area contributed by atoms with Crippen LogP contribution in [-0.4, -0.2) is 22.6 Å². The Labute approximate surface area is 96.4 Å². The van der Waals surface area contributed by atoms with Crippen LogP contribution in [0.2, 0.25) is 0 Å². The molecule has 4 heteroatoms. The minimum atomic E-state index is 0.221. The van der Waals surface area contributed by atoms with Gasteiger partial charge in [0, 0.05) is 17.3 Å². The average molecular weight is 221 g/mol. The van der Waals surface area contributed by atoms with Gasteiger partial charge < -0.3 is 10.1 Å². The molecular weight excluding hydrogens is 202 g/mol. The summed E-state index contributed by atoms with van der Waals surface area (Å²) in [6.45, 7) is 4.16.